The van der Waals surface area contributed by atoms with E-state index in [2.05, 4.69) is 4.74 Å². The van der Waals surface area contributed by atoms with Crippen LogP contribution in [0.5, 0.6) is 0 Å². The predicted molar refractivity (Wildman–Crippen MR) is 78.0 cm³/mol. The number of carbonyl (C=O) groups is 2. The Hall–Kier alpha value is -2.61. The highest BCUT2D eigenvalue weighted by Gasteiger charge is 2.42. The molecule has 0 aliphatic heterocycles. The lowest BCUT2D eigenvalue weighted by molar-refractivity contribution is -0.192. The van der Waals surface area contributed by atoms with Gasteiger partial charge in [0.05, 0.1) is 5.69 Å². The van der Waals surface area contributed by atoms with Crippen molar-refractivity contribution in [3.8, 4) is 11.1 Å². The number of anilines is 1. The van der Waals surface area contributed by atoms with Crippen molar-refractivity contribution in [1.82, 2.24) is 0 Å². The fourth-order valence-electron chi connectivity index (χ4n) is 1.84. The van der Waals surface area contributed by atoms with Crippen molar-refractivity contribution in [1.29, 1.82) is 0 Å². The summed E-state index contributed by atoms with van der Waals surface area (Å²) in [5.74, 6) is -3.43. The minimum atomic E-state index is -5.32. The van der Waals surface area contributed by atoms with Crippen molar-refractivity contribution >= 4 is 29.4 Å². The molecule has 1 N–H and O–H groups in total. The maximum Gasteiger partial charge on any atom is 0.491 e. The van der Waals surface area contributed by atoms with E-state index in [1.165, 1.54) is 36.4 Å². The van der Waals surface area contributed by atoms with E-state index in [0.717, 1.165) is 6.07 Å². The van der Waals surface area contributed by atoms with Gasteiger partial charge < -0.3 is 4.74 Å². The first kappa shape index (κ1) is 17.7. The highest BCUT2D eigenvalue weighted by Crippen LogP contribution is 2.32. The number of hydrogen-bond donors (Lipinski definition) is 1. The summed E-state index contributed by atoms with van der Waals surface area (Å²) in [6.45, 7) is 0. The van der Waals surface area contributed by atoms with Crippen LogP contribution < -0.4 is 5.32 Å². The van der Waals surface area contributed by atoms with E-state index in [1.807, 2.05) is 5.32 Å². The van der Waals surface area contributed by atoms with Gasteiger partial charge in [0, 0.05) is 10.6 Å². The lowest BCUT2D eigenvalue weighted by Gasteiger charge is -2.12. The minimum absolute atomic E-state index is 0.114. The summed E-state index contributed by atoms with van der Waals surface area (Å²) in [6.07, 6.45) is -7.01. The first-order valence-electron chi connectivity index (χ1n) is 6.33. The predicted octanol–water partition coefficient (Wildman–Crippen LogP) is 4.78. The van der Waals surface area contributed by atoms with Gasteiger partial charge in [0.2, 0.25) is 0 Å². The smallest absolute Gasteiger partial charge is 0.369 e. The maximum atomic E-state index is 14.1. The second-order valence-corrected chi connectivity index (χ2v) is 4.91. The molecule has 0 aliphatic rings. The summed E-state index contributed by atoms with van der Waals surface area (Å²) in [5, 5.41) is 2.20. The fourth-order valence-corrected chi connectivity index (χ4v) is 2.03. The van der Waals surface area contributed by atoms with Gasteiger partial charge in [-0.05, 0) is 29.8 Å². The van der Waals surface area contributed by atoms with Gasteiger partial charge in [0.1, 0.15) is 5.82 Å². The Balaban J connectivity index is 2.30. The van der Waals surface area contributed by atoms with E-state index in [1.54, 1.807) is 0 Å². The fraction of sp³-hybridized carbons (Fsp3) is 0.0667. The molecule has 126 valence electrons. The molecule has 0 aliphatic carbocycles. The van der Waals surface area contributed by atoms with Crippen LogP contribution in [0.3, 0.4) is 0 Å². The Morgan fingerprint density at radius 1 is 1.08 bits per heavy atom. The van der Waals surface area contributed by atoms with Crippen LogP contribution in [0.2, 0.25) is 5.02 Å². The average Bonchev–Trinajstić information content (AvgIpc) is 2.46. The van der Waals surface area contributed by atoms with Gasteiger partial charge in [0.25, 0.3) is 0 Å². The van der Waals surface area contributed by atoms with Crippen molar-refractivity contribution < 1.29 is 31.9 Å². The topological polar surface area (TPSA) is 55.4 Å². The van der Waals surface area contributed by atoms with Gasteiger partial charge in [-0.3, -0.25) is 5.32 Å². The van der Waals surface area contributed by atoms with E-state index in [9.17, 15) is 27.2 Å². The van der Waals surface area contributed by atoms with Gasteiger partial charge in [-0.1, -0.05) is 29.8 Å². The number of ether oxygens (including phenoxy) is 1. The lowest BCUT2D eigenvalue weighted by Crippen LogP contribution is -2.30. The number of amides is 1. The molecule has 0 atom stereocenters. The number of alkyl halides is 3. The molecule has 0 heterocycles. The lowest BCUT2D eigenvalue weighted by atomic mass is 10.0. The van der Waals surface area contributed by atoms with E-state index in [0.29, 0.717) is 0 Å². The Bertz CT molecular complexity index is 793. The minimum Gasteiger partial charge on any atom is -0.369 e. The summed E-state index contributed by atoms with van der Waals surface area (Å²) < 4.78 is 53.9. The van der Waals surface area contributed by atoms with Crippen LogP contribution in [-0.4, -0.2) is 18.2 Å². The zero-order valence-corrected chi connectivity index (χ0v) is 12.4. The Labute approximate surface area is 138 Å². The Morgan fingerprint density at radius 3 is 2.38 bits per heavy atom. The number of rotatable bonds is 2. The number of hydrogen-bond acceptors (Lipinski definition) is 3. The molecule has 0 spiro atoms. The third-order valence-corrected chi connectivity index (χ3v) is 3.02. The quantitative estimate of drug-likeness (QED) is 0.475. The Morgan fingerprint density at radius 2 is 1.75 bits per heavy atom. The first-order chi connectivity index (χ1) is 11.2. The van der Waals surface area contributed by atoms with Crippen molar-refractivity contribution in [2.45, 2.75) is 6.18 Å². The van der Waals surface area contributed by atoms with Crippen LogP contribution in [0.1, 0.15) is 0 Å². The molecule has 2 aromatic carbocycles. The first-order valence-corrected chi connectivity index (χ1v) is 6.70. The highest BCUT2D eigenvalue weighted by molar-refractivity contribution is 6.30. The van der Waals surface area contributed by atoms with Crippen molar-refractivity contribution in [2.75, 3.05) is 5.32 Å². The van der Waals surface area contributed by atoms with E-state index >= 15 is 0 Å². The average molecular weight is 362 g/mol. The second kappa shape index (κ2) is 6.88. The van der Waals surface area contributed by atoms with Crippen LogP contribution >= 0.6 is 11.6 Å². The van der Waals surface area contributed by atoms with Gasteiger partial charge >= 0.3 is 18.2 Å². The largest absolute Gasteiger partial charge is 0.491 e. The molecule has 9 heteroatoms. The molecule has 2 rings (SSSR count). The highest BCUT2D eigenvalue weighted by atomic mass is 35.5. The number of halogens is 5. The Kier molecular flexibility index (Phi) is 5.08. The normalized spacial score (nSPS) is 11.0. The molecule has 0 radical (unpaired) electrons. The van der Waals surface area contributed by atoms with E-state index in [-0.39, 0.29) is 21.8 Å². The number of carbonyl (C=O) groups excluding carboxylic acids is 2. The molecule has 0 bridgehead atoms. The number of esters is 1. The summed E-state index contributed by atoms with van der Waals surface area (Å²) in [4.78, 5) is 22.1. The molecule has 24 heavy (non-hydrogen) atoms. The third-order valence-electron chi connectivity index (χ3n) is 2.78. The summed E-state index contributed by atoms with van der Waals surface area (Å²) in [7, 11) is 0. The van der Waals surface area contributed by atoms with Crippen LogP contribution in [0.4, 0.5) is 28.0 Å². The zero-order chi connectivity index (χ0) is 17.9. The van der Waals surface area contributed by atoms with Crippen LogP contribution in [0.25, 0.3) is 11.1 Å². The van der Waals surface area contributed by atoms with E-state index in [4.69, 9.17) is 11.6 Å². The summed E-state index contributed by atoms with van der Waals surface area (Å²) >= 11 is 5.82. The third kappa shape index (κ3) is 4.23. The molecule has 0 saturated carbocycles. The van der Waals surface area contributed by atoms with Gasteiger partial charge in [0.15, 0.2) is 0 Å². The van der Waals surface area contributed by atoms with Crippen molar-refractivity contribution in [3.05, 3.63) is 53.3 Å². The van der Waals surface area contributed by atoms with Crippen molar-refractivity contribution in [3.63, 3.8) is 0 Å². The molecule has 1 amide bonds. The molecule has 0 saturated heterocycles. The van der Waals surface area contributed by atoms with Gasteiger partial charge in [-0.15, -0.1) is 0 Å². The van der Waals surface area contributed by atoms with Crippen LogP contribution in [0, 0.1) is 5.82 Å². The SMILES string of the molecule is O=C(Nc1cccc(F)c1-c1cccc(Cl)c1)OC(=O)C(F)(F)F. The van der Waals surface area contributed by atoms with Gasteiger partial charge in [-0.25, -0.2) is 14.0 Å². The molecular formula is C15H8ClF4NO3. The van der Waals surface area contributed by atoms with Crippen molar-refractivity contribution in [2.24, 2.45) is 0 Å². The number of nitrogens with one attached hydrogen (secondary N) is 1. The number of benzene rings is 2. The summed E-state index contributed by atoms with van der Waals surface area (Å²) in [6, 6.07) is 9.50. The molecule has 4 nitrogen and oxygen atoms in total. The van der Waals surface area contributed by atoms with Crippen LogP contribution in [-0.2, 0) is 9.53 Å². The van der Waals surface area contributed by atoms with Gasteiger partial charge in [-0.2, -0.15) is 13.2 Å². The second-order valence-electron chi connectivity index (χ2n) is 4.47. The molecule has 2 aromatic rings. The summed E-state index contributed by atoms with van der Waals surface area (Å²) in [5.41, 5.74) is -0.0216. The molecule has 0 fully saturated rings. The van der Waals surface area contributed by atoms with E-state index < -0.39 is 24.1 Å². The molecule has 0 aromatic heterocycles. The molecular weight excluding hydrogens is 354 g/mol. The standard InChI is InChI=1S/C15H8ClF4NO3/c16-9-4-1-3-8(7-9)12-10(17)5-2-6-11(12)21-14(23)24-13(22)15(18,19)20/h1-7H,(H,21,23). The maximum absolute atomic E-state index is 14.1. The molecule has 0 unspecified atom stereocenters. The van der Waals surface area contributed by atoms with Crippen LogP contribution in [0.15, 0.2) is 42.5 Å². The monoisotopic (exact) mass is 361 g/mol. The zero-order valence-electron chi connectivity index (χ0n) is 11.7.